The minimum atomic E-state index is -0.596. The van der Waals surface area contributed by atoms with E-state index < -0.39 is 5.60 Å². The molecule has 0 bridgehead atoms. The van der Waals surface area contributed by atoms with Crippen LogP contribution in [-0.4, -0.2) is 47.7 Å². The normalized spacial score (nSPS) is 20.2. The first-order valence-corrected chi connectivity index (χ1v) is 6.30. The fourth-order valence-corrected chi connectivity index (χ4v) is 2.31. The number of nitrogens with zero attached hydrogens (tertiary/aromatic N) is 1. The van der Waals surface area contributed by atoms with Crippen molar-refractivity contribution in [2.45, 2.75) is 44.2 Å². The third kappa shape index (κ3) is 4.13. The molecule has 0 spiro atoms. The van der Waals surface area contributed by atoms with E-state index in [1.165, 1.54) is 0 Å². The molecule has 1 fully saturated rings. The molecular weight excluding hydrogens is 216 g/mol. The lowest BCUT2D eigenvalue weighted by Crippen LogP contribution is -2.49. The Morgan fingerprint density at radius 3 is 2.71 bits per heavy atom. The smallest absolute Gasteiger partial charge is 0.237 e. The summed E-state index contributed by atoms with van der Waals surface area (Å²) >= 11 is 0. The molecule has 1 aliphatic rings. The highest BCUT2D eigenvalue weighted by atomic mass is 16.3. The van der Waals surface area contributed by atoms with Crippen molar-refractivity contribution in [2.75, 3.05) is 20.1 Å². The molecular formula is C13H24N2O2. The molecule has 0 saturated heterocycles. The standard InChI is InChI=1S/C13H24N2O2/c1-4-9-14-12(16)11(2)15(3)10-13(17)7-5-6-8-13/h4,11,17H,1,5-10H2,2-3H3,(H,14,16). The van der Waals surface area contributed by atoms with Crippen LogP contribution in [0.5, 0.6) is 0 Å². The van der Waals surface area contributed by atoms with Gasteiger partial charge in [-0.05, 0) is 26.8 Å². The molecule has 4 heteroatoms. The molecule has 0 aromatic rings. The zero-order valence-electron chi connectivity index (χ0n) is 10.9. The van der Waals surface area contributed by atoms with Gasteiger partial charge in [-0.25, -0.2) is 0 Å². The molecule has 98 valence electrons. The van der Waals surface area contributed by atoms with Gasteiger partial charge in [-0.1, -0.05) is 18.9 Å². The average Bonchev–Trinajstić information content (AvgIpc) is 2.71. The number of hydrogen-bond acceptors (Lipinski definition) is 3. The Kier molecular flexibility index (Phi) is 5.15. The van der Waals surface area contributed by atoms with Crippen LogP contribution in [0.1, 0.15) is 32.6 Å². The summed E-state index contributed by atoms with van der Waals surface area (Å²) in [6, 6.07) is -0.223. The number of rotatable bonds is 6. The second-order valence-electron chi connectivity index (χ2n) is 5.06. The number of likely N-dealkylation sites (N-methyl/N-ethyl adjacent to an activating group) is 1. The van der Waals surface area contributed by atoms with Gasteiger partial charge in [0, 0.05) is 13.1 Å². The first-order chi connectivity index (χ1) is 7.98. The first-order valence-electron chi connectivity index (χ1n) is 6.30. The predicted molar refractivity (Wildman–Crippen MR) is 68.7 cm³/mol. The first kappa shape index (κ1) is 14.2. The van der Waals surface area contributed by atoms with Crippen LogP contribution in [0.25, 0.3) is 0 Å². The van der Waals surface area contributed by atoms with Crippen LogP contribution in [0, 0.1) is 0 Å². The Hall–Kier alpha value is -0.870. The van der Waals surface area contributed by atoms with Gasteiger partial charge >= 0.3 is 0 Å². The number of carbonyl (C=O) groups excluding carboxylic acids is 1. The van der Waals surface area contributed by atoms with Gasteiger partial charge < -0.3 is 10.4 Å². The molecule has 1 saturated carbocycles. The predicted octanol–water partition coefficient (Wildman–Crippen LogP) is 0.914. The highest BCUT2D eigenvalue weighted by Crippen LogP contribution is 2.30. The second kappa shape index (κ2) is 6.17. The maximum Gasteiger partial charge on any atom is 0.237 e. The van der Waals surface area contributed by atoms with Crippen LogP contribution in [0.3, 0.4) is 0 Å². The average molecular weight is 240 g/mol. The molecule has 0 aromatic heterocycles. The molecule has 1 amide bonds. The van der Waals surface area contributed by atoms with Crippen LogP contribution >= 0.6 is 0 Å². The van der Waals surface area contributed by atoms with E-state index in [-0.39, 0.29) is 11.9 Å². The Morgan fingerprint density at radius 1 is 1.59 bits per heavy atom. The second-order valence-corrected chi connectivity index (χ2v) is 5.06. The number of nitrogens with one attached hydrogen (secondary N) is 1. The van der Waals surface area contributed by atoms with Crippen molar-refractivity contribution < 1.29 is 9.90 Å². The topological polar surface area (TPSA) is 52.6 Å². The van der Waals surface area contributed by atoms with E-state index in [2.05, 4.69) is 11.9 Å². The van der Waals surface area contributed by atoms with Crippen LogP contribution < -0.4 is 5.32 Å². The Morgan fingerprint density at radius 2 is 2.18 bits per heavy atom. The lowest BCUT2D eigenvalue weighted by atomic mass is 10.0. The zero-order chi connectivity index (χ0) is 12.9. The van der Waals surface area contributed by atoms with Gasteiger partial charge in [-0.3, -0.25) is 9.69 Å². The molecule has 1 unspecified atom stereocenters. The van der Waals surface area contributed by atoms with E-state index in [9.17, 15) is 9.90 Å². The van der Waals surface area contributed by atoms with E-state index in [1.54, 1.807) is 6.08 Å². The SMILES string of the molecule is C=CCNC(=O)C(C)N(C)CC1(O)CCCC1. The summed E-state index contributed by atoms with van der Waals surface area (Å²) in [5.74, 6) is -0.0194. The summed E-state index contributed by atoms with van der Waals surface area (Å²) in [5, 5.41) is 13.0. The number of carbonyl (C=O) groups is 1. The van der Waals surface area contributed by atoms with E-state index in [0.29, 0.717) is 13.1 Å². The molecule has 0 radical (unpaired) electrons. The summed E-state index contributed by atoms with van der Waals surface area (Å²) in [6.07, 6.45) is 5.52. The molecule has 2 N–H and O–H groups in total. The van der Waals surface area contributed by atoms with Gasteiger partial charge in [-0.2, -0.15) is 0 Å². The van der Waals surface area contributed by atoms with Gasteiger partial charge in [0.25, 0.3) is 0 Å². The van der Waals surface area contributed by atoms with Crippen molar-refractivity contribution in [1.82, 2.24) is 10.2 Å². The summed E-state index contributed by atoms with van der Waals surface area (Å²) in [4.78, 5) is 13.7. The monoisotopic (exact) mass is 240 g/mol. The molecule has 0 aliphatic heterocycles. The Labute approximate surface area is 104 Å². The number of hydrogen-bond donors (Lipinski definition) is 2. The zero-order valence-corrected chi connectivity index (χ0v) is 10.9. The van der Waals surface area contributed by atoms with Crippen molar-refractivity contribution in [1.29, 1.82) is 0 Å². The number of aliphatic hydroxyl groups is 1. The van der Waals surface area contributed by atoms with E-state index >= 15 is 0 Å². The molecule has 1 aliphatic carbocycles. The van der Waals surface area contributed by atoms with Crippen molar-refractivity contribution in [3.05, 3.63) is 12.7 Å². The fraction of sp³-hybridized carbons (Fsp3) is 0.769. The van der Waals surface area contributed by atoms with Crippen molar-refractivity contribution >= 4 is 5.91 Å². The van der Waals surface area contributed by atoms with Crippen LogP contribution in [-0.2, 0) is 4.79 Å². The third-order valence-electron chi connectivity index (χ3n) is 3.54. The Bertz CT molecular complexity index is 273. The summed E-state index contributed by atoms with van der Waals surface area (Å²) in [6.45, 7) is 6.47. The summed E-state index contributed by atoms with van der Waals surface area (Å²) in [5.41, 5.74) is -0.596. The largest absolute Gasteiger partial charge is 0.389 e. The maximum atomic E-state index is 11.7. The quantitative estimate of drug-likeness (QED) is 0.679. The number of amides is 1. The van der Waals surface area contributed by atoms with Gasteiger partial charge in [-0.15, -0.1) is 6.58 Å². The lowest BCUT2D eigenvalue weighted by Gasteiger charge is -2.31. The summed E-state index contributed by atoms with van der Waals surface area (Å²) in [7, 11) is 1.88. The minimum absolute atomic E-state index is 0.0194. The maximum absolute atomic E-state index is 11.7. The van der Waals surface area contributed by atoms with Gasteiger partial charge in [0.15, 0.2) is 0 Å². The van der Waals surface area contributed by atoms with Crippen LogP contribution in [0.15, 0.2) is 12.7 Å². The molecule has 0 aromatic carbocycles. The molecule has 0 heterocycles. The van der Waals surface area contributed by atoms with E-state index in [1.807, 2.05) is 18.9 Å². The van der Waals surface area contributed by atoms with Crippen molar-refractivity contribution in [3.8, 4) is 0 Å². The molecule has 1 rings (SSSR count). The van der Waals surface area contributed by atoms with Crippen molar-refractivity contribution in [3.63, 3.8) is 0 Å². The highest BCUT2D eigenvalue weighted by molar-refractivity contribution is 5.81. The fourth-order valence-electron chi connectivity index (χ4n) is 2.31. The van der Waals surface area contributed by atoms with Gasteiger partial charge in [0.2, 0.25) is 5.91 Å². The minimum Gasteiger partial charge on any atom is -0.389 e. The van der Waals surface area contributed by atoms with Gasteiger partial charge in [0.05, 0.1) is 11.6 Å². The van der Waals surface area contributed by atoms with Crippen LogP contribution in [0.2, 0.25) is 0 Å². The van der Waals surface area contributed by atoms with Crippen LogP contribution in [0.4, 0.5) is 0 Å². The molecule has 4 nitrogen and oxygen atoms in total. The van der Waals surface area contributed by atoms with E-state index in [0.717, 1.165) is 25.7 Å². The van der Waals surface area contributed by atoms with Crippen molar-refractivity contribution in [2.24, 2.45) is 0 Å². The Balaban J connectivity index is 2.42. The summed E-state index contributed by atoms with van der Waals surface area (Å²) < 4.78 is 0. The van der Waals surface area contributed by atoms with Gasteiger partial charge in [0.1, 0.15) is 0 Å². The molecule has 1 atom stereocenters. The molecule has 17 heavy (non-hydrogen) atoms. The lowest BCUT2D eigenvalue weighted by molar-refractivity contribution is -0.126. The van der Waals surface area contributed by atoms with E-state index in [4.69, 9.17) is 0 Å². The highest BCUT2D eigenvalue weighted by Gasteiger charge is 2.34. The third-order valence-corrected chi connectivity index (χ3v) is 3.54.